The Kier molecular flexibility index (Phi) is 2.65. The quantitative estimate of drug-likeness (QED) is 0.769. The Morgan fingerprint density at radius 2 is 1.76 bits per heavy atom. The van der Waals surface area contributed by atoms with E-state index in [9.17, 15) is 0 Å². The third kappa shape index (κ3) is 1.75. The lowest BCUT2D eigenvalue weighted by molar-refractivity contribution is 0.464. The van der Waals surface area contributed by atoms with E-state index in [0.29, 0.717) is 0 Å². The van der Waals surface area contributed by atoms with Gasteiger partial charge in [-0.25, -0.2) is 5.32 Å². The molecule has 0 saturated carbocycles. The minimum absolute atomic E-state index is 0.157. The summed E-state index contributed by atoms with van der Waals surface area (Å²) >= 11 is 0. The van der Waals surface area contributed by atoms with E-state index in [-0.39, 0.29) is 5.54 Å². The second kappa shape index (κ2) is 4.30. The smallest absolute Gasteiger partial charge is 0.0869 e. The summed E-state index contributed by atoms with van der Waals surface area (Å²) in [5, 5.41) is 4.87. The van der Waals surface area contributed by atoms with Crippen LogP contribution in [0.1, 0.15) is 24.0 Å². The van der Waals surface area contributed by atoms with Gasteiger partial charge in [-0.3, -0.25) is 4.98 Å². The molecule has 2 heteroatoms. The molecule has 1 aromatic carbocycles. The molecule has 0 unspecified atom stereocenters. The van der Waals surface area contributed by atoms with Gasteiger partial charge in [0.05, 0.1) is 5.54 Å². The molecule has 17 heavy (non-hydrogen) atoms. The van der Waals surface area contributed by atoms with Crippen LogP contribution >= 0.6 is 0 Å². The van der Waals surface area contributed by atoms with Crippen LogP contribution in [0.4, 0.5) is 0 Å². The van der Waals surface area contributed by atoms with E-state index >= 15 is 0 Å². The monoisotopic (exact) mass is 223 g/mol. The molecule has 3 rings (SSSR count). The summed E-state index contributed by atoms with van der Waals surface area (Å²) < 4.78 is 0. The Morgan fingerprint density at radius 3 is 2.41 bits per heavy atom. The van der Waals surface area contributed by atoms with Gasteiger partial charge in [-0.15, -0.1) is 0 Å². The van der Waals surface area contributed by atoms with Gasteiger partial charge in [0.15, 0.2) is 0 Å². The standard InChI is InChI=1S/C15H15N2/c1-2-6-13(7-3-1)15(9-5-11-17-15)14-8-4-10-16-12-14/h1-4,6-8,10,12H,5,9,11H2/t15-/m1/s1. The fraction of sp³-hybridized carbons (Fsp3) is 0.267. The van der Waals surface area contributed by atoms with Gasteiger partial charge in [0.25, 0.3) is 0 Å². The first-order valence-electron chi connectivity index (χ1n) is 6.06. The molecular weight excluding hydrogens is 208 g/mol. The molecular formula is C15H15N2. The normalized spacial score (nSPS) is 23.8. The predicted octanol–water partition coefficient (Wildman–Crippen LogP) is 2.72. The summed E-state index contributed by atoms with van der Waals surface area (Å²) in [5.74, 6) is 0. The van der Waals surface area contributed by atoms with Crippen LogP contribution in [0, 0.1) is 0 Å². The molecule has 2 heterocycles. The van der Waals surface area contributed by atoms with E-state index in [2.05, 4.69) is 41.4 Å². The van der Waals surface area contributed by atoms with Crippen molar-refractivity contribution in [1.29, 1.82) is 0 Å². The average molecular weight is 223 g/mol. The van der Waals surface area contributed by atoms with E-state index < -0.39 is 0 Å². The van der Waals surface area contributed by atoms with Crippen molar-refractivity contribution in [3.05, 3.63) is 66.0 Å². The van der Waals surface area contributed by atoms with Crippen LogP contribution in [0.15, 0.2) is 54.9 Å². The van der Waals surface area contributed by atoms with Crippen LogP contribution in [-0.2, 0) is 5.54 Å². The van der Waals surface area contributed by atoms with Crippen LogP contribution in [0.5, 0.6) is 0 Å². The molecule has 2 aromatic rings. The zero-order valence-corrected chi connectivity index (χ0v) is 9.71. The first-order valence-corrected chi connectivity index (χ1v) is 6.06. The maximum atomic E-state index is 4.87. The number of benzene rings is 1. The van der Waals surface area contributed by atoms with Crippen LogP contribution in [0.2, 0.25) is 0 Å². The molecule has 1 atom stereocenters. The van der Waals surface area contributed by atoms with Crippen LogP contribution in [0.25, 0.3) is 0 Å². The summed E-state index contributed by atoms with van der Waals surface area (Å²) in [6.07, 6.45) is 6.01. The fourth-order valence-electron chi connectivity index (χ4n) is 2.64. The second-order valence-corrected chi connectivity index (χ2v) is 4.45. The zero-order valence-electron chi connectivity index (χ0n) is 9.71. The van der Waals surface area contributed by atoms with Crippen molar-refractivity contribution in [2.24, 2.45) is 0 Å². The van der Waals surface area contributed by atoms with E-state index in [0.717, 1.165) is 19.4 Å². The second-order valence-electron chi connectivity index (χ2n) is 4.45. The Morgan fingerprint density at radius 1 is 0.941 bits per heavy atom. The number of pyridine rings is 1. The van der Waals surface area contributed by atoms with Crippen molar-refractivity contribution < 1.29 is 0 Å². The first-order chi connectivity index (χ1) is 8.42. The van der Waals surface area contributed by atoms with E-state index in [1.807, 2.05) is 18.5 Å². The van der Waals surface area contributed by atoms with Crippen molar-refractivity contribution in [1.82, 2.24) is 10.3 Å². The Labute approximate surface area is 102 Å². The van der Waals surface area contributed by atoms with E-state index in [1.165, 1.54) is 11.1 Å². The molecule has 0 aliphatic carbocycles. The summed E-state index contributed by atoms with van der Waals surface area (Å²) in [5.41, 5.74) is 2.34. The summed E-state index contributed by atoms with van der Waals surface area (Å²) in [6.45, 7) is 0.948. The van der Waals surface area contributed by atoms with E-state index in [1.54, 1.807) is 0 Å². The molecule has 1 aliphatic heterocycles. The topological polar surface area (TPSA) is 27.0 Å². The number of hydrogen-bond donors (Lipinski definition) is 0. The van der Waals surface area contributed by atoms with Crippen LogP contribution in [-0.4, -0.2) is 11.5 Å². The van der Waals surface area contributed by atoms with Gasteiger partial charge < -0.3 is 0 Å². The number of aromatic nitrogens is 1. The van der Waals surface area contributed by atoms with Crippen molar-refractivity contribution >= 4 is 0 Å². The lowest BCUT2D eigenvalue weighted by atomic mass is 9.82. The van der Waals surface area contributed by atoms with Gasteiger partial charge in [0.1, 0.15) is 0 Å². The van der Waals surface area contributed by atoms with Gasteiger partial charge in [0.2, 0.25) is 0 Å². The average Bonchev–Trinajstić information content (AvgIpc) is 2.91. The summed E-state index contributed by atoms with van der Waals surface area (Å²) in [6, 6.07) is 14.7. The van der Waals surface area contributed by atoms with Gasteiger partial charge in [-0.05, 0) is 30.0 Å². The minimum atomic E-state index is -0.157. The third-order valence-corrected chi connectivity index (χ3v) is 3.47. The molecule has 1 fully saturated rings. The molecule has 1 radical (unpaired) electrons. The molecule has 0 bridgehead atoms. The Hall–Kier alpha value is -1.67. The molecule has 85 valence electrons. The van der Waals surface area contributed by atoms with Crippen molar-refractivity contribution in [3.63, 3.8) is 0 Å². The van der Waals surface area contributed by atoms with Crippen molar-refractivity contribution in [3.8, 4) is 0 Å². The SMILES string of the molecule is c1ccc([C@@]2(c3cccnc3)CCC[N]2)cc1. The third-order valence-electron chi connectivity index (χ3n) is 3.47. The molecule has 1 saturated heterocycles. The zero-order chi connectivity index (χ0) is 11.6. The lowest BCUT2D eigenvalue weighted by Crippen LogP contribution is -2.32. The summed E-state index contributed by atoms with van der Waals surface area (Å²) in [7, 11) is 0. The fourth-order valence-corrected chi connectivity index (χ4v) is 2.64. The minimum Gasteiger partial charge on any atom is -0.264 e. The van der Waals surface area contributed by atoms with E-state index in [4.69, 9.17) is 5.32 Å². The van der Waals surface area contributed by atoms with Gasteiger partial charge in [-0.1, -0.05) is 36.4 Å². The largest absolute Gasteiger partial charge is 0.264 e. The predicted molar refractivity (Wildman–Crippen MR) is 67.7 cm³/mol. The van der Waals surface area contributed by atoms with Crippen LogP contribution in [0.3, 0.4) is 0 Å². The highest BCUT2D eigenvalue weighted by atomic mass is 15.0. The van der Waals surface area contributed by atoms with Crippen molar-refractivity contribution in [2.45, 2.75) is 18.4 Å². The highest BCUT2D eigenvalue weighted by molar-refractivity contribution is 5.37. The van der Waals surface area contributed by atoms with Gasteiger partial charge in [-0.2, -0.15) is 0 Å². The number of nitrogens with zero attached hydrogens (tertiary/aromatic N) is 2. The highest BCUT2D eigenvalue weighted by Gasteiger charge is 2.38. The summed E-state index contributed by atoms with van der Waals surface area (Å²) in [4.78, 5) is 4.24. The number of rotatable bonds is 2. The molecule has 2 nitrogen and oxygen atoms in total. The molecule has 0 spiro atoms. The number of hydrogen-bond acceptors (Lipinski definition) is 1. The molecule has 1 aliphatic rings. The first kappa shape index (κ1) is 10.5. The van der Waals surface area contributed by atoms with Crippen molar-refractivity contribution in [2.75, 3.05) is 6.54 Å². The maximum Gasteiger partial charge on any atom is 0.0869 e. The Bertz CT molecular complexity index is 431. The van der Waals surface area contributed by atoms with Gasteiger partial charge >= 0.3 is 0 Å². The van der Waals surface area contributed by atoms with Crippen LogP contribution < -0.4 is 5.32 Å². The molecule has 0 N–H and O–H groups in total. The lowest BCUT2D eigenvalue weighted by Gasteiger charge is -2.29. The van der Waals surface area contributed by atoms with Gasteiger partial charge in [0, 0.05) is 18.9 Å². The molecule has 1 aromatic heterocycles. The molecule has 0 amide bonds. The Balaban J connectivity index is 2.11. The maximum absolute atomic E-state index is 4.87. The highest BCUT2D eigenvalue weighted by Crippen LogP contribution is 2.38.